The first-order valence-electron chi connectivity index (χ1n) is 9.73. The number of nitrogens with one attached hydrogen (secondary N) is 1. The first-order valence-corrected chi connectivity index (χ1v) is 9.73. The molecule has 9 nitrogen and oxygen atoms in total. The zero-order chi connectivity index (χ0) is 22.0. The molecule has 2 aromatic heterocycles. The van der Waals surface area contributed by atoms with Gasteiger partial charge in [-0.15, -0.1) is 5.10 Å². The molecular formula is C22H22N6O3. The average Bonchev–Trinajstić information content (AvgIpc) is 3.16. The van der Waals surface area contributed by atoms with E-state index < -0.39 is 5.56 Å². The maximum absolute atomic E-state index is 12.8. The van der Waals surface area contributed by atoms with Gasteiger partial charge in [-0.05, 0) is 43.2 Å². The number of amides is 1. The summed E-state index contributed by atoms with van der Waals surface area (Å²) in [6, 6.07) is 13.3. The Morgan fingerprint density at radius 2 is 2.00 bits per heavy atom. The van der Waals surface area contributed by atoms with Crippen LogP contribution in [-0.2, 0) is 17.9 Å². The van der Waals surface area contributed by atoms with E-state index in [0.29, 0.717) is 17.9 Å². The van der Waals surface area contributed by atoms with Gasteiger partial charge in [-0.25, -0.2) is 9.67 Å². The van der Waals surface area contributed by atoms with Crippen molar-refractivity contribution in [3.63, 3.8) is 0 Å². The number of hydrogen-bond acceptors (Lipinski definition) is 6. The Kier molecular flexibility index (Phi) is 5.48. The van der Waals surface area contributed by atoms with E-state index in [-0.39, 0.29) is 18.0 Å². The Morgan fingerprint density at radius 1 is 1.16 bits per heavy atom. The Labute approximate surface area is 178 Å². The highest BCUT2D eigenvalue weighted by Gasteiger charge is 2.15. The number of anilines is 1. The van der Waals surface area contributed by atoms with Crippen LogP contribution < -0.4 is 15.6 Å². The molecule has 31 heavy (non-hydrogen) atoms. The minimum atomic E-state index is -0.419. The number of methoxy groups -OCH3 is 1. The van der Waals surface area contributed by atoms with Crippen LogP contribution in [0.4, 0.5) is 5.69 Å². The van der Waals surface area contributed by atoms with E-state index in [4.69, 9.17) is 4.74 Å². The smallest absolute Gasteiger partial charge is 0.283 e. The highest BCUT2D eigenvalue weighted by Crippen LogP contribution is 2.16. The summed E-state index contributed by atoms with van der Waals surface area (Å²) in [6.07, 6.45) is 1.34. The van der Waals surface area contributed by atoms with E-state index in [9.17, 15) is 9.59 Å². The molecule has 2 aromatic carbocycles. The van der Waals surface area contributed by atoms with Crippen LogP contribution in [0.3, 0.4) is 0 Å². The van der Waals surface area contributed by atoms with Gasteiger partial charge in [-0.1, -0.05) is 35.0 Å². The number of benzene rings is 2. The van der Waals surface area contributed by atoms with Gasteiger partial charge in [-0.2, -0.15) is 0 Å². The Hall–Kier alpha value is -4.01. The largest absolute Gasteiger partial charge is 0.497 e. The first-order chi connectivity index (χ1) is 14.9. The van der Waals surface area contributed by atoms with Gasteiger partial charge in [0, 0.05) is 5.69 Å². The second-order valence-corrected chi connectivity index (χ2v) is 7.32. The topological polar surface area (TPSA) is 104 Å². The van der Waals surface area contributed by atoms with Gasteiger partial charge in [-0.3, -0.25) is 14.2 Å². The Morgan fingerprint density at radius 3 is 2.77 bits per heavy atom. The van der Waals surface area contributed by atoms with Crippen molar-refractivity contribution in [3.05, 3.63) is 75.8 Å². The van der Waals surface area contributed by atoms with Crippen LogP contribution in [0.1, 0.15) is 16.7 Å². The third-order valence-corrected chi connectivity index (χ3v) is 4.93. The number of rotatable bonds is 6. The lowest BCUT2D eigenvalue weighted by atomic mass is 10.1. The summed E-state index contributed by atoms with van der Waals surface area (Å²) in [6.45, 7) is 4.12. The van der Waals surface area contributed by atoms with Crippen LogP contribution in [-0.4, -0.2) is 37.6 Å². The molecule has 158 valence electrons. The number of aromatic nitrogens is 5. The zero-order valence-corrected chi connectivity index (χ0v) is 17.5. The molecule has 0 unspecified atom stereocenters. The number of fused-ring (bicyclic) bond motifs is 1. The molecule has 0 aliphatic carbocycles. The fraction of sp³-hybridized carbons (Fsp3) is 0.227. The van der Waals surface area contributed by atoms with Crippen LogP contribution in [0.15, 0.2) is 53.6 Å². The summed E-state index contributed by atoms with van der Waals surface area (Å²) in [5, 5.41) is 10.9. The van der Waals surface area contributed by atoms with Gasteiger partial charge in [0.1, 0.15) is 18.6 Å². The number of carbonyl (C=O) groups is 1. The molecule has 9 heteroatoms. The number of nitrogens with zero attached hydrogens (tertiary/aromatic N) is 5. The lowest BCUT2D eigenvalue weighted by molar-refractivity contribution is -0.116. The van der Waals surface area contributed by atoms with E-state index in [1.807, 2.05) is 56.3 Å². The monoisotopic (exact) mass is 418 g/mol. The lowest BCUT2D eigenvalue weighted by Gasteiger charge is -2.10. The molecule has 0 saturated heterocycles. The third-order valence-electron chi connectivity index (χ3n) is 4.93. The molecular weight excluding hydrogens is 396 g/mol. The van der Waals surface area contributed by atoms with Crippen LogP contribution in [0.5, 0.6) is 5.75 Å². The molecule has 1 amide bonds. The predicted molar refractivity (Wildman–Crippen MR) is 116 cm³/mol. The van der Waals surface area contributed by atoms with E-state index in [1.165, 1.54) is 10.9 Å². The van der Waals surface area contributed by atoms with Crippen molar-refractivity contribution in [1.82, 2.24) is 24.5 Å². The fourth-order valence-corrected chi connectivity index (χ4v) is 3.35. The van der Waals surface area contributed by atoms with Crippen LogP contribution in [0.2, 0.25) is 0 Å². The molecule has 0 aliphatic heterocycles. The number of carbonyl (C=O) groups excluding carboxylic acids is 1. The lowest BCUT2D eigenvalue weighted by Crippen LogP contribution is -2.28. The molecule has 0 saturated carbocycles. The molecule has 0 radical (unpaired) electrons. The SMILES string of the molecule is COc1cccc(Cn2nnc3c(=O)n(CC(=O)Nc4ccc(C)cc4C)cnc32)c1. The van der Waals surface area contributed by atoms with Crippen molar-refractivity contribution in [2.45, 2.75) is 26.9 Å². The minimum absolute atomic E-state index is 0.115. The normalized spacial score (nSPS) is 10.9. The summed E-state index contributed by atoms with van der Waals surface area (Å²) in [7, 11) is 1.60. The van der Waals surface area contributed by atoms with Gasteiger partial charge < -0.3 is 10.1 Å². The molecule has 0 spiro atoms. The molecule has 0 bridgehead atoms. The van der Waals surface area contributed by atoms with Crippen molar-refractivity contribution in [1.29, 1.82) is 0 Å². The fourth-order valence-electron chi connectivity index (χ4n) is 3.35. The van der Waals surface area contributed by atoms with Gasteiger partial charge in [0.25, 0.3) is 5.56 Å². The van der Waals surface area contributed by atoms with E-state index in [0.717, 1.165) is 22.4 Å². The van der Waals surface area contributed by atoms with Gasteiger partial charge in [0.2, 0.25) is 5.91 Å². The molecule has 0 fully saturated rings. The molecule has 4 rings (SSSR count). The molecule has 1 N–H and O–H groups in total. The average molecular weight is 418 g/mol. The molecule has 0 atom stereocenters. The highest BCUT2D eigenvalue weighted by atomic mass is 16.5. The summed E-state index contributed by atoms with van der Waals surface area (Å²) in [5.74, 6) is 0.408. The van der Waals surface area contributed by atoms with Crippen molar-refractivity contribution >= 4 is 22.8 Å². The van der Waals surface area contributed by atoms with Crippen molar-refractivity contribution in [2.24, 2.45) is 0 Å². The van der Waals surface area contributed by atoms with Gasteiger partial charge in [0.15, 0.2) is 11.2 Å². The van der Waals surface area contributed by atoms with Crippen molar-refractivity contribution < 1.29 is 9.53 Å². The maximum Gasteiger partial charge on any atom is 0.283 e. The molecule has 4 aromatic rings. The second-order valence-electron chi connectivity index (χ2n) is 7.32. The van der Waals surface area contributed by atoms with Crippen LogP contribution in [0.25, 0.3) is 11.2 Å². The first kappa shape index (κ1) is 20.3. The molecule has 2 heterocycles. The summed E-state index contributed by atoms with van der Waals surface area (Å²) in [5.41, 5.74) is 3.77. The zero-order valence-electron chi connectivity index (χ0n) is 17.5. The summed E-state index contributed by atoms with van der Waals surface area (Å²) < 4.78 is 8.01. The van der Waals surface area contributed by atoms with Crippen LogP contribution >= 0.6 is 0 Å². The van der Waals surface area contributed by atoms with Gasteiger partial charge >= 0.3 is 0 Å². The Balaban J connectivity index is 1.54. The maximum atomic E-state index is 12.8. The predicted octanol–water partition coefficient (Wildman–Crippen LogP) is 2.30. The Bertz CT molecular complexity index is 1320. The number of hydrogen-bond donors (Lipinski definition) is 1. The van der Waals surface area contributed by atoms with E-state index in [1.54, 1.807) is 11.8 Å². The van der Waals surface area contributed by atoms with E-state index in [2.05, 4.69) is 20.6 Å². The van der Waals surface area contributed by atoms with E-state index >= 15 is 0 Å². The summed E-state index contributed by atoms with van der Waals surface area (Å²) >= 11 is 0. The molecule has 0 aliphatic rings. The van der Waals surface area contributed by atoms with Gasteiger partial charge in [0.05, 0.1) is 13.7 Å². The highest BCUT2D eigenvalue weighted by molar-refractivity contribution is 5.91. The second kappa shape index (κ2) is 8.39. The minimum Gasteiger partial charge on any atom is -0.497 e. The number of aryl methyl sites for hydroxylation is 2. The number of ether oxygens (including phenoxy) is 1. The quantitative estimate of drug-likeness (QED) is 0.515. The summed E-state index contributed by atoms with van der Waals surface area (Å²) in [4.78, 5) is 29.6. The standard InChI is InChI=1S/C22H22N6O3/c1-14-7-8-18(15(2)9-14)24-19(29)12-27-13-23-21-20(22(27)30)25-26-28(21)11-16-5-4-6-17(10-16)31-3/h4-10,13H,11-12H2,1-3H3,(H,24,29). The third kappa shape index (κ3) is 4.30. The van der Waals surface area contributed by atoms with Crippen molar-refractivity contribution in [3.8, 4) is 5.75 Å². The van der Waals surface area contributed by atoms with Crippen LogP contribution in [0, 0.1) is 13.8 Å². The van der Waals surface area contributed by atoms with Crippen molar-refractivity contribution in [2.75, 3.05) is 12.4 Å².